The van der Waals surface area contributed by atoms with Crippen LogP contribution in [0.5, 0.6) is 0 Å². The minimum Gasteiger partial charge on any atom is -0.354 e. The van der Waals surface area contributed by atoms with Crippen molar-refractivity contribution in [3.63, 3.8) is 0 Å². The molecule has 176 valence electrons. The molecule has 1 atom stereocenters. The number of carbonyl (C=O) groups is 1. The first-order valence-electron chi connectivity index (χ1n) is 11.2. The normalized spacial score (nSPS) is 17.7. The van der Waals surface area contributed by atoms with Crippen LogP contribution in [0.15, 0.2) is 24.3 Å². The van der Waals surface area contributed by atoms with Gasteiger partial charge in [-0.05, 0) is 46.0 Å². The molecule has 0 spiro atoms. The number of rotatable bonds is 8. The Morgan fingerprint density at radius 3 is 2.50 bits per heavy atom. The zero-order valence-corrected chi connectivity index (χ0v) is 21.1. The molecule has 1 aliphatic rings. The number of H-pyrrole nitrogens is 1. The predicted octanol–water partition coefficient (Wildman–Crippen LogP) is 3.69. The van der Waals surface area contributed by atoms with E-state index in [1.54, 1.807) is 6.07 Å². The Kier molecular flexibility index (Phi) is 8.44. The Hall–Kier alpha value is -1.80. The maximum Gasteiger partial charge on any atom is 0.241 e. The van der Waals surface area contributed by atoms with Gasteiger partial charge in [-0.1, -0.05) is 23.2 Å². The van der Waals surface area contributed by atoms with E-state index >= 15 is 0 Å². The van der Waals surface area contributed by atoms with Crippen LogP contribution in [0.4, 0.5) is 5.82 Å². The number of anilines is 1. The summed E-state index contributed by atoms with van der Waals surface area (Å²) in [6.45, 7) is 11.3. The Labute approximate surface area is 201 Å². The van der Waals surface area contributed by atoms with Crippen LogP contribution in [0.25, 0.3) is 11.3 Å². The molecule has 0 bridgehead atoms. The van der Waals surface area contributed by atoms with Gasteiger partial charge in [0.1, 0.15) is 6.04 Å². The SMILES string of the molecule is CCN(CCN(C)C(=O)C1CN(C(C)C)CCN1C)c1cc(-c2cc(Cl)cc(Cl)c2)[nH]n1. The van der Waals surface area contributed by atoms with Crippen molar-refractivity contribution < 1.29 is 4.79 Å². The van der Waals surface area contributed by atoms with E-state index in [1.165, 1.54) is 0 Å². The average molecular weight is 481 g/mol. The Morgan fingerprint density at radius 1 is 1.19 bits per heavy atom. The van der Waals surface area contributed by atoms with Gasteiger partial charge in [0.05, 0.1) is 5.69 Å². The molecule has 1 amide bonds. The maximum atomic E-state index is 13.2. The van der Waals surface area contributed by atoms with Gasteiger partial charge in [0, 0.05) is 74.0 Å². The summed E-state index contributed by atoms with van der Waals surface area (Å²) in [6, 6.07) is 7.75. The van der Waals surface area contributed by atoms with E-state index in [4.69, 9.17) is 23.2 Å². The van der Waals surface area contributed by atoms with Crippen molar-refractivity contribution >= 4 is 34.9 Å². The number of hydrogen-bond donors (Lipinski definition) is 1. The molecule has 7 nitrogen and oxygen atoms in total. The quantitative estimate of drug-likeness (QED) is 0.624. The fourth-order valence-electron chi connectivity index (χ4n) is 4.03. The third-order valence-corrected chi connectivity index (χ3v) is 6.66. The molecule has 9 heteroatoms. The molecule has 1 unspecified atom stereocenters. The van der Waals surface area contributed by atoms with Gasteiger partial charge in [0.15, 0.2) is 5.82 Å². The summed E-state index contributed by atoms with van der Waals surface area (Å²) >= 11 is 12.3. The number of halogens is 2. The molecule has 1 saturated heterocycles. The summed E-state index contributed by atoms with van der Waals surface area (Å²) in [4.78, 5) is 21.7. The molecule has 1 N–H and O–H groups in total. The molecule has 1 aromatic carbocycles. The molecule has 3 rings (SSSR count). The first kappa shape index (κ1) is 24.8. The highest BCUT2D eigenvalue weighted by molar-refractivity contribution is 6.35. The number of benzene rings is 1. The van der Waals surface area contributed by atoms with Crippen LogP contribution in [0.3, 0.4) is 0 Å². The van der Waals surface area contributed by atoms with Crippen LogP contribution in [-0.2, 0) is 4.79 Å². The van der Waals surface area contributed by atoms with Gasteiger partial charge in [0.25, 0.3) is 0 Å². The lowest BCUT2D eigenvalue weighted by atomic mass is 10.1. The average Bonchev–Trinajstić information content (AvgIpc) is 3.23. The van der Waals surface area contributed by atoms with Crippen molar-refractivity contribution in [2.45, 2.75) is 32.9 Å². The Morgan fingerprint density at radius 2 is 1.88 bits per heavy atom. The third kappa shape index (κ3) is 5.95. The number of piperazine rings is 1. The second kappa shape index (κ2) is 10.9. The zero-order valence-electron chi connectivity index (χ0n) is 19.6. The topological polar surface area (TPSA) is 58.7 Å². The van der Waals surface area contributed by atoms with Crippen molar-refractivity contribution in [2.75, 3.05) is 58.3 Å². The van der Waals surface area contributed by atoms with Crippen molar-refractivity contribution in [2.24, 2.45) is 0 Å². The maximum absolute atomic E-state index is 13.2. The van der Waals surface area contributed by atoms with E-state index in [-0.39, 0.29) is 11.9 Å². The van der Waals surface area contributed by atoms with Crippen molar-refractivity contribution in [1.82, 2.24) is 24.9 Å². The highest BCUT2D eigenvalue weighted by Crippen LogP contribution is 2.28. The van der Waals surface area contributed by atoms with E-state index in [0.29, 0.717) is 29.2 Å². The second-order valence-electron chi connectivity index (χ2n) is 8.72. The molecule has 32 heavy (non-hydrogen) atoms. The fourth-order valence-corrected chi connectivity index (χ4v) is 4.56. The molecule has 0 radical (unpaired) electrons. The molecular formula is C23H34Cl2N6O. The van der Waals surface area contributed by atoms with Gasteiger partial charge in [-0.2, -0.15) is 5.10 Å². The number of carbonyl (C=O) groups excluding carboxylic acids is 1. The number of hydrogen-bond acceptors (Lipinski definition) is 5. The third-order valence-electron chi connectivity index (χ3n) is 6.22. The molecular weight excluding hydrogens is 447 g/mol. The van der Waals surface area contributed by atoms with Crippen LogP contribution >= 0.6 is 23.2 Å². The van der Waals surface area contributed by atoms with E-state index in [1.807, 2.05) is 37.2 Å². The lowest BCUT2D eigenvalue weighted by Gasteiger charge is -2.41. The van der Waals surface area contributed by atoms with Gasteiger partial charge in [-0.15, -0.1) is 0 Å². The second-order valence-corrected chi connectivity index (χ2v) is 9.60. The molecule has 2 heterocycles. The zero-order chi connectivity index (χ0) is 23.4. The van der Waals surface area contributed by atoms with Crippen molar-refractivity contribution in [3.8, 4) is 11.3 Å². The van der Waals surface area contributed by atoms with E-state index in [9.17, 15) is 4.79 Å². The highest BCUT2D eigenvalue weighted by atomic mass is 35.5. The Bertz CT molecular complexity index is 897. The van der Waals surface area contributed by atoms with Gasteiger partial charge in [-0.25, -0.2) is 0 Å². The highest BCUT2D eigenvalue weighted by Gasteiger charge is 2.32. The summed E-state index contributed by atoms with van der Waals surface area (Å²) in [6.07, 6.45) is 0. The summed E-state index contributed by atoms with van der Waals surface area (Å²) in [7, 11) is 3.93. The summed E-state index contributed by atoms with van der Waals surface area (Å²) < 4.78 is 0. The van der Waals surface area contributed by atoms with Crippen molar-refractivity contribution in [1.29, 1.82) is 0 Å². The summed E-state index contributed by atoms with van der Waals surface area (Å²) in [5.74, 6) is 1.01. The minimum absolute atomic E-state index is 0.101. The lowest BCUT2D eigenvalue weighted by molar-refractivity contribution is -0.137. The number of nitrogens with one attached hydrogen (secondary N) is 1. The van der Waals surface area contributed by atoms with Gasteiger partial charge < -0.3 is 9.80 Å². The van der Waals surface area contributed by atoms with Crippen LogP contribution in [0, 0.1) is 0 Å². The monoisotopic (exact) mass is 480 g/mol. The summed E-state index contributed by atoms with van der Waals surface area (Å²) in [5, 5.41) is 8.71. The standard InChI is InChI=1S/C23H34Cl2N6O/c1-6-30(22-14-20(26-27-22)17-11-18(24)13-19(25)12-17)9-8-29(5)23(32)21-15-31(16(2)3)10-7-28(21)4/h11-14,16,21H,6-10,15H2,1-5H3,(H,26,27). The minimum atomic E-state index is -0.101. The first-order valence-corrected chi connectivity index (χ1v) is 11.9. The fraction of sp³-hybridized carbons (Fsp3) is 0.565. The smallest absolute Gasteiger partial charge is 0.241 e. The van der Waals surface area contributed by atoms with Gasteiger partial charge >= 0.3 is 0 Å². The Balaban J connectivity index is 1.62. The largest absolute Gasteiger partial charge is 0.354 e. The van der Waals surface area contributed by atoms with Gasteiger partial charge in [0.2, 0.25) is 5.91 Å². The van der Waals surface area contributed by atoms with Crippen molar-refractivity contribution in [3.05, 3.63) is 34.3 Å². The first-order chi connectivity index (χ1) is 15.2. The van der Waals surface area contributed by atoms with E-state index in [0.717, 1.165) is 43.3 Å². The molecule has 2 aromatic rings. The lowest BCUT2D eigenvalue weighted by Crippen LogP contribution is -2.59. The number of aromatic amines is 1. The number of likely N-dealkylation sites (N-methyl/N-ethyl adjacent to an activating group) is 3. The molecule has 1 fully saturated rings. The summed E-state index contributed by atoms with van der Waals surface area (Å²) in [5.41, 5.74) is 1.74. The molecule has 0 aliphatic carbocycles. The number of aromatic nitrogens is 2. The van der Waals surface area contributed by atoms with E-state index < -0.39 is 0 Å². The van der Waals surface area contributed by atoms with Crippen LogP contribution in [0.1, 0.15) is 20.8 Å². The molecule has 1 aliphatic heterocycles. The van der Waals surface area contributed by atoms with E-state index in [2.05, 4.69) is 45.7 Å². The van der Waals surface area contributed by atoms with Crippen LogP contribution in [0.2, 0.25) is 10.0 Å². The number of nitrogens with zero attached hydrogens (tertiary/aromatic N) is 5. The van der Waals surface area contributed by atoms with Crippen LogP contribution in [-0.4, -0.2) is 96.3 Å². The van der Waals surface area contributed by atoms with Gasteiger partial charge in [-0.3, -0.25) is 19.7 Å². The number of amides is 1. The van der Waals surface area contributed by atoms with Crippen LogP contribution < -0.4 is 4.90 Å². The molecule has 0 saturated carbocycles. The molecule has 1 aromatic heterocycles. The predicted molar refractivity (Wildman–Crippen MR) is 133 cm³/mol.